The molecule has 3 aromatic rings. The van der Waals surface area contributed by atoms with Gasteiger partial charge in [0.25, 0.3) is 0 Å². The molecule has 29 heavy (non-hydrogen) atoms. The maximum Gasteiger partial charge on any atom is 0.228 e. The van der Waals surface area contributed by atoms with Gasteiger partial charge in [0, 0.05) is 36.6 Å². The van der Waals surface area contributed by atoms with E-state index in [1.807, 2.05) is 12.1 Å². The molecule has 1 unspecified atom stereocenters. The van der Waals surface area contributed by atoms with E-state index in [9.17, 15) is 4.55 Å². The predicted molar refractivity (Wildman–Crippen MR) is 113 cm³/mol. The molecule has 9 nitrogen and oxygen atoms in total. The highest BCUT2D eigenvalue weighted by Gasteiger charge is 2.17. The predicted octanol–water partition coefficient (Wildman–Crippen LogP) is 1.68. The second kappa shape index (κ2) is 8.62. The molecule has 1 atom stereocenters. The molecule has 2 aromatic heterocycles. The highest BCUT2D eigenvalue weighted by molar-refractivity contribution is 7.89. The fraction of sp³-hybridized carbons (Fsp3) is 0.211. The first kappa shape index (κ1) is 19.4. The number of hydrogen-bond acceptors (Lipinski definition) is 9. The van der Waals surface area contributed by atoms with Crippen LogP contribution in [0, 0.1) is 0 Å². The van der Waals surface area contributed by atoms with Crippen LogP contribution in [0.15, 0.2) is 53.6 Å². The molecule has 0 radical (unpaired) electrons. The summed E-state index contributed by atoms with van der Waals surface area (Å²) in [6, 6.07) is 12.5. The van der Waals surface area contributed by atoms with Gasteiger partial charge in [-0.05, 0) is 36.4 Å². The molecule has 0 saturated carbocycles. The Morgan fingerprint density at radius 2 is 1.83 bits per heavy atom. The summed E-state index contributed by atoms with van der Waals surface area (Å²) in [5.41, 5.74) is 8.08. The maximum absolute atomic E-state index is 11.4. The molecule has 5 N–H and O–H groups in total. The Hall–Kier alpha value is -2.92. The molecule has 1 aromatic carbocycles. The number of pyridine rings is 1. The summed E-state index contributed by atoms with van der Waals surface area (Å²) in [6.07, 6.45) is 1.69. The van der Waals surface area contributed by atoms with Crippen molar-refractivity contribution < 1.29 is 9.29 Å². The SMILES string of the molecule is Nc1ccc(-c2cc(Nc3ccc([S+](N)[O-])cc3)nc(N3CCOCC3)n2)cn1. The van der Waals surface area contributed by atoms with Crippen molar-refractivity contribution in [3.8, 4) is 11.3 Å². The van der Waals surface area contributed by atoms with Crippen LogP contribution >= 0.6 is 0 Å². The van der Waals surface area contributed by atoms with E-state index in [2.05, 4.69) is 20.2 Å². The van der Waals surface area contributed by atoms with Crippen molar-refractivity contribution >= 4 is 34.6 Å². The zero-order valence-corrected chi connectivity index (χ0v) is 16.4. The van der Waals surface area contributed by atoms with E-state index in [0.29, 0.717) is 35.7 Å². The van der Waals surface area contributed by atoms with Gasteiger partial charge in [0.2, 0.25) is 5.95 Å². The van der Waals surface area contributed by atoms with Crippen LogP contribution in [0.2, 0.25) is 0 Å². The molecular weight excluding hydrogens is 390 g/mol. The number of rotatable bonds is 5. The minimum atomic E-state index is -1.51. The maximum atomic E-state index is 11.4. The van der Waals surface area contributed by atoms with Crippen LogP contribution in [0.25, 0.3) is 11.3 Å². The summed E-state index contributed by atoms with van der Waals surface area (Å²) >= 11 is -1.51. The average Bonchev–Trinajstić information content (AvgIpc) is 2.75. The minimum Gasteiger partial charge on any atom is -0.593 e. The molecule has 1 aliphatic heterocycles. The van der Waals surface area contributed by atoms with E-state index in [1.165, 1.54) is 0 Å². The molecule has 0 amide bonds. The van der Waals surface area contributed by atoms with Gasteiger partial charge in [-0.2, -0.15) is 4.98 Å². The second-order valence-corrected chi connectivity index (χ2v) is 7.52. The third kappa shape index (κ3) is 4.74. The van der Waals surface area contributed by atoms with Gasteiger partial charge >= 0.3 is 0 Å². The number of nitrogens with one attached hydrogen (secondary N) is 1. The number of morpholine rings is 1. The molecule has 1 saturated heterocycles. The number of ether oxygens (including phenoxy) is 1. The topological polar surface area (TPSA) is 138 Å². The number of hydrogen-bond donors (Lipinski definition) is 3. The monoisotopic (exact) mass is 411 g/mol. The van der Waals surface area contributed by atoms with Crippen molar-refractivity contribution in [3.63, 3.8) is 0 Å². The van der Waals surface area contributed by atoms with Gasteiger partial charge in [-0.3, -0.25) is 0 Å². The van der Waals surface area contributed by atoms with Gasteiger partial charge in [-0.25, -0.2) is 9.97 Å². The molecule has 4 rings (SSSR count). The van der Waals surface area contributed by atoms with E-state index < -0.39 is 11.4 Å². The highest BCUT2D eigenvalue weighted by Crippen LogP contribution is 2.26. The van der Waals surface area contributed by atoms with Gasteiger partial charge in [0.1, 0.15) is 11.6 Å². The molecule has 1 aliphatic rings. The summed E-state index contributed by atoms with van der Waals surface area (Å²) in [7, 11) is 0. The normalized spacial score (nSPS) is 15.2. The van der Waals surface area contributed by atoms with Crippen LogP contribution in [0.3, 0.4) is 0 Å². The Morgan fingerprint density at radius 3 is 2.48 bits per heavy atom. The molecule has 10 heteroatoms. The fourth-order valence-electron chi connectivity index (χ4n) is 2.93. The van der Waals surface area contributed by atoms with Crippen molar-refractivity contribution in [1.29, 1.82) is 0 Å². The zero-order chi connectivity index (χ0) is 20.2. The summed E-state index contributed by atoms with van der Waals surface area (Å²) in [6.45, 7) is 2.72. The van der Waals surface area contributed by atoms with E-state index >= 15 is 0 Å². The van der Waals surface area contributed by atoms with Crippen LogP contribution in [0.4, 0.5) is 23.3 Å². The third-order valence-electron chi connectivity index (χ3n) is 4.45. The molecule has 0 bridgehead atoms. The lowest BCUT2D eigenvalue weighted by molar-refractivity contribution is 0.122. The standard InChI is InChI=1S/C19H21N7O2S/c20-17-6-1-13(12-22-17)16-11-18(23-14-2-4-15(5-3-14)29(21)27)25-19(24-16)26-7-9-28-10-8-26/h1-6,11-12H,7-10,21H2,(H2,20,22)(H,23,24,25). The molecular formula is C19H21N7O2S. The quantitative estimate of drug-likeness (QED) is 0.535. The Morgan fingerprint density at radius 1 is 1.07 bits per heavy atom. The van der Waals surface area contributed by atoms with Crippen molar-refractivity contribution in [1.82, 2.24) is 15.0 Å². The van der Waals surface area contributed by atoms with Crippen molar-refractivity contribution in [3.05, 3.63) is 48.7 Å². The van der Waals surface area contributed by atoms with Gasteiger partial charge in [-0.1, -0.05) is 0 Å². The summed E-state index contributed by atoms with van der Waals surface area (Å²) < 4.78 is 16.8. The Bertz CT molecular complexity index is 961. The van der Waals surface area contributed by atoms with Crippen molar-refractivity contribution in [2.75, 3.05) is 42.3 Å². The van der Waals surface area contributed by atoms with Crippen LogP contribution in [-0.2, 0) is 16.1 Å². The van der Waals surface area contributed by atoms with Crippen molar-refractivity contribution in [2.24, 2.45) is 5.14 Å². The number of nitrogen functional groups attached to an aromatic ring is 1. The fourth-order valence-corrected chi connectivity index (χ4v) is 3.33. The first-order chi connectivity index (χ1) is 14.1. The van der Waals surface area contributed by atoms with E-state index in [0.717, 1.165) is 30.0 Å². The van der Waals surface area contributed by atoms with Gasteiger partial charge in [-0.15, -0.1) is 5.14 Å². The van der Waals surface area contributed by atoms with Gasteiger partial charge in [0.15, 0.2) is 4.90 Å². The number of benzene rings is 1. The van der Waals surface area contributed by atoms with Crippen LogP contribution in [-0.4, -0.2) is 45.8 Å². The zero-order valence-electron chi connectivity index (χ0n) is 15.6. The lowest BCUT2D eigenvalue weighted by Crippen LogP contribution is -2.37. The number of aromatic nitrogens is 3. The van der Waals surface area contributed by atoms with Crippen molar-refractivity contribution in [2.45, 2.75) is 4.90 Å². The van der Waals surface area contributed by atoms with E-state index in [-0.39, 0.29) is 0 Å². The Kier molecular flexibility index (Phi) is 5.76. The molecule has 1 fully saturated rings. The highest BCUT2D eigenvalue weighted by atomic mass is 32.2. The number of nitrogens with two attached hydrogens (primary N) is 2. The molecule has 0 spiro atoms. The number of nitrogens with zero attached hydrogens (tertiary/aromatic N) is 4. The first-order valence-electron chi connectivity index (χ1n) is 9.05. The lowest BCUT2D eigenvalue weighted by atomic mass is 10.2. The summed E-state index contributed by atoms with van der Waals surface area (Å²) in [5.74, 6) is 1.70. The van der Waals surface area contributed by atoms with Gasteiger partial charge in [0.05, 0.1) is 30.3 Å². The smallest absolute Gasteiger partial charge is 0.228 e. The van der Waals surface area contributed by atoms with E-state index in [4.69, 9.17) is 20.6 Å². The third-order valence-corrected chi connectivity index (χ3v) is 5.19. The Balaban J connectivity index is 1.67. The molecule has 150 valence electrons. The van der Waals surface area contributed by atoms with Crippen LogP contribution in [0.1, 0.15) is 0 Å². The molecule has 3 heterocycles. The van der Waals surface area contributed by atoms with Crippen LogP contribution < -0.4 is 21.1 Å². The Labute approximate surface area is 171 Å². The first-order valence-corrected chi connectivity index (χ1v) is 10.3. The molecule has 0 aliphatic carbocycles. The summed E-state index contributed by atoms with van der Waals surface area (Å²) in [4.78, 5) is 16.2. The summed E-state index contributed by atoms with van der Waals surface area (Å²) in [5, 5.41) is 8.69. The lowest BCUT2D eigenvalue weighted by Gasteiger charge is -2.27. The second-order valence-electron chi connectivity index (χ2n) is 6.46. The number of anilines is 4. The average molecular weight is 411 g/mol. The van der Waals surface area contributed by atoms with E-state index in [1.54, 1.807) is 36.5 Å². The van der Waals surface area contributed by atoms with Gasteiger partial charge < -0.3 is 25.2 Å². The van der Waals surface area contributed by atoms with Crippen LogP contribution in [0.5, 0.6) is 0 Å². The largest absolute Gasteiger partial charge is 0.593 e. The minimum absolute atomic E-state index is 0.451.